The molecule has 1 aromatic carbocycles. The molecular weight excluding hydrogens is 400 g/mol. The Morgan fingerprint density at radius 2 is 2.16 bits per heavy atom. The van der Waals surface area contributed by atoms with Gasteiger partial charge in [0.2, 0.25) is 0 Å². The summed E-state index contributed by atoms with van der Waals surface area (Å²) in [5.41, 5.74) is 0.163. The highest BCUT2D eigenvalue weighted by Crippen LogP contribution is 2.29. The van der Waals surface area contributed by atoms with Crippen molar-refractivity contribution in [2.75, 3.05) is 13.2 Å². The first-order chi connectivity index (χ1) is 11.7. The van der Waals surface area contributed by atoms with Crippen LogP contribution in [0, 0.1) is 0 Å². The first kappa shape index (κ1) is 19.9. The van der Waals surface area contributed by atoms with Gasteiger partial charge in [0.15, 0.2) is 0 Å². The number of alkyl halides is 2. The van der Waals surface area contributed by atoms with Crippen LogP contribution >= 0.6 is 15.9 Å². The zero-order chi connectivity index (χ0) is 18.6. The van der Waals surface area contributed by atoms with Crippen LogP contribution < -0.4 is 4.74 Å². The van der Waals surface area contributed by atoms with Crippen LogP contribution in [0.1, 0.15) is 32.8 Å². The Morgan fingerprint density at radius 1 is 1.44 bits per heavy atom. The van der Waals surface area contributed by atoms with Crippen LogP contribution in [-0.4, -0.2) is 42.5 Å². The topological polar surface area (TPSA) is 48.0 Å². The lowest BCUT2D eigenvalue weighted by Crippen LogP contribution is -2.43. The lowest BCUT2D eigenvalue weighted by Gasteiger charge is -2.31. The molecule has 140 valence electrons. The second-order valence-corrected chi connectivity index (χ2v) is 7.62. The molecule has 5 nitrogen and oxygen atoms in total. The van der Waals surface area contributed by atoms with Gasteiger partial charge < -0.3 is 14.2 Å². The SMILES string of the molecule is CC(C)(C)OC(=O)N(Cc1ccc(OC(F)F)c(Br)c1)C1CCOC1. The van der Waals surface area contributed by atoms with E-state index >= 15 is 0 Å². The predicted octanol–water partition coefficient (Wildman–Crippen LogP) is 4.58. The van der Waals surface area contributed by atoms with Gasteiger partial charge in [-0.15, -0.1) is 0 Å². The Balaban J connectivity index is 2.15. The molecule has 1 aromatic rings. The lowest BCUT2D eigenvalue weighted by molar-refractivity contribution is -0.0503. The average Bonchev–Trinajstić information content (AvgIpc) is 2.99. The number of benzene rings is 1. The third-order valence-corrected chi connectivity index (χ3v) is 4.16. The second kappa shape index (κ2) is 8.31. The van der Waals surface area contributed by atoms with Crippen molar-refractivity contribution in [3.63, 3.8) is 0 Å². The number of rotatable bonds is 5. The van der Waals surface area contributed by atoms with Crippen molar-refractivity contribution in [2.24, 2.45) is 0 Å². The summed E-state index contributed by atoms with van der Waals surface area (Å²) in [6.07, 6.45) is 0.305. The second-order valence-electron chi connectivity index (χ2n) is 6.77. The molecule has 0 bridgehead atoms. The Bertz CT molecular complexity index is 601. The lowest BCUT2D eigenvalue weighted by atomic mass is 10.1. The molecule has 25 heavy (non-hydrogen) atoms. The van der Waals surface area contributed by atoms with Crippen molar-refractivity contribution in [1.29, 1.82) is 0 Å². The molecule has 0 N–H and O–H groups in total. The Kier molecular flexibility index (Phi) is 6.62. The maximum absolute atomic E-state index is 12.6. The van der Waals surface area contributed by atoms with Crippen molar-refractivity contribution in [3.8, 4) is 5.75 Å². The Hall–Kier alpha value is -1.41. The molecular formula is C17H22BrF2NO4. The molecule has 1 heterocycles. The summed E-state index contributed by atoms with van der Waals surface area (Å²) in [7, 11) is 0. The molecule has 1 amide bonds. The fourth-order valence-electron chi connectivity index (χ4n) is 2.46. The molecule has 2 rings (SSSR count). The molecule has 1 fully saturated rings. The monoisotopic (exact) mass is 421 g/mol. The number of carbonyl (C=O) groups excluding carboxylic acids is 1. The zero-order valence-corrected chi connectivity index (χ0v) is 16.0. The highest BCUT2D eigenvalue weighted by molar-refractivity contribution is 9.10. The van der Waals surface area contributed by atoms with Gasteiger partial charge in [-0.25, -0.2) is 4.79 Å². The van der Waals surface area contributed by atoms with Gasteiger partial charge >= 0.3 is 12.7 Å². The largest absolute Gasteiger partial charge is 0.444 e. The van der Waals surface area contributed by atoms with Gasteiger partial charge in [-0.1, -0.05) is 6.07 Å². The van der Waals surface area contributed by atoms with Crippen LogP contribution in [0.3, 0.4) is 0 Å². The van der Waals surface area contributed by atoms with Crippen molar-refractivity contribution in [3.05, 3.63) is 28.2 Å². The van der Waals surface area contributed by atoms with Crippen molar-refractivity contribution in [1.82, 2.24) is 4.90 Å². The molecule has 0 saturated carbocycles. The molecule has 1 aliphatic heterocycles. The van der Waals surface area contributed by atoms with Crippen molar-refractivity contribution >= 4 is 22.0 Å². The molecule has 0 spiro atoms. The third-order valence-electron chi connectivity index (χ3n) is 3.54. The molecule has 1 atom stereocenters. The zero-order valence-electron chi connectivity index (χ0n) is 14.4. The van der Waals surface area contributed by atoms with Gasteiger partial charge in [0.1, 0.15) is 11.4 Å². The minimum atomic E-state index is -2.89. The van der Waals surface area contributed by atoms with E-state index in [1.165, 1.54) is 6.07 Å². The molecule has 0 aromatic heterocycles. The number of halogens is 3. The van der Waals surface area contributed by atoms with Crippen LogP contribution in [0.5, 0.6) is 5.75 Å². The van der Waals surface area contributed by atoms with Crippen molar-refractivity contribution in [2.45, 2.75) is 52.0 Å². The molecule has 1 unspecified atom stereocenters. The molecule has 1 saturated heterocycles. The summed E-state index contributed by atoms with van der Waals surface area (Å²) in [6, 6.07) is 4.68. The van der Waals surface area contributed by atoms with E-state index in [9.17, 15) is 13.6 Å². The summed E-state index contributed by atoms with van der Waals surface area (Å²) in [5.74, 6) is 0.0479. The number of amides is 1. The standard InChI is InChI=1S/C17H22BrF2NO4/c1-17(2,3)25-16(22)21(12-6-7-23-10-12)9-11-4-5-14(13(18)8-11)24-15(19)20/h4-5,8,12,15H,6-7,9-10H2,1-3H3. The highest BCUT2D eigenvalue weighted by Gasteiger charge is 2.31. The van der Waals surface area contributed by atoms with E-state index in [0.29, 0.717) is 17.7 Å². The first-order valence-corrected chi connectivity index (χ1v) is 8.75. The Morgan fingerprint density at radius 3 is 2.68 bits per heavy atom. The normalized spacial score (nSPS) is 17.6. The fourth-order valence-corrected chi connectivity index (χ4v) is 2.98. The van der Waals surface area contributed by atoms with E-state index in [1.54, 1.807) is 37.8 Å². The first-order valence-electron chi connectivity index (χ1n) is 7.96. The van der Waals surface area contributed by atoms with Crippen LogP contribution in [0.4, 0.5) is 13.6 Å². The van der Waals surface area contributed by atoms with Crippen LogP contribution in [0.25, 0.3) is 0 Å². The third kappa shape index (κ3) is 6.11. The van der Waals surface area contributed by atoms with Gasteiger partial charge in [0, 0.05) is 13.2 Å². The van der Waals surface area contributed by atoms with E-state index in [1.807, 2.05) is 0 Å². The molecule has 0 aliphatic carbocycles. The number of hydrogen-bond donors (Lipinski definition) is 0. The van der Waals surface area contributed by atoms with Crippen LogP contribution in [0.2, 0.25) is 0 Å². The molecule has 1 aliphatic rings. The summed E-state index contributed by atoms with van der Waals surface area (Å²) in [4.78, 5) is 14.2. The van der Waals surface area contributed by atoms with Gasteiger partial charge in [-0.3, -0.25) is 4.90 Å². The summed E-state index contributed by atoms with van der Waals surface area (Å²) in [6.45, 7) is 3.86. The van der Waals surface area contributed by atoms with Gasteiger partial charge in [0.25, 0.3) is 0 Å². The number of carbonyl (C=O) groups is 1. The van der Waals surface area contributed by atoms with E-state index < -0.39 is 18.3 Å². The van der Waals surface area contributed by atoms with E-state index in [0.717, 1.165) is 12.0 Å². The molecule has 8 heteroatoms. The minimum absolute atomic E-state index is 0.0479. The van der Waals surface area contributed by atoms with Gasteiger partial charge in [-0.05, 0) is 60.8 Å². The predicted molar refractivity (Wildman–Crippen MR) is 91.8 cm³/mol. The number of hydrogen-bond acceptors (Lipinski definition) is 4. The maximum Gasteiger partial charge on any atom is 0.410 e. The van der Waals surface area contributed by atoms with Crippen molar-refractivity contribution < 1.29 is 27.8 Å². The average molecular weight is 422 g/mol. The van der Waals surface area contributed by atoms with E-state index in [4.69, 9.17) is 9.47 Å². The quantitative estimate of drug-likeness (QED) is 0.697. The summed E-state index contributed by atoms with van der Waals surface area (Å²) >= 11 is 3.22. The summed E-state index contributed by atoms with van der Waals surface area (Å²) in [5, 5.41) is 0. The number of ether oxygens (including phenoxy) is 3. The van der Waals surface area contributed by atoms with E-state index in [2.05, 4.69) is 20.7 Å². The fraction of sp³-hybridized carbons (Fsp3) is 0.588. The maximum atomic E-state index is 12.6. The van der Waals surface area contributed by atoms with E-state index in [-0.39, 0.29) is 18.3 Å². The van der Waals surface area contributed by atoms with Crippen LogP contribution in [0.15, 0.2) is 22.7 Å². The summed E-state index contributed by atoms with van der Waals surface area (Å²) < 4.78 is 40.4. The van der Waals surface area contributed by atoms with Gasteiger partial charge in [0.05, 0.1) is 17.1 Å². The smallest absolute Gasteiger partial charge is 0.410 e. The highest BCUT2D eigenvalue weighted by atomic mass is 79.9. The Labute approximate surface area is 154 Å². The minimum Gasteiger partial charge on any atom is -0.444 e. The van der Waals surface area contributed by atoms with Crippen LogP contribution in [-0.2, 0) is 16.0 Å². The number of nitrogens with zero attached hydrogens (tertiary/aromatic N) is 1. The van der Waals surface area contributed by atoms with Gasteiger partial charge in [-0.2, -0.15) is 8.78 Å². The molecule has 0 radical (unpaired) electrons.